The lowest BCUT2D eigenvalue weighted by Gasteiger charge is -2.13. The fourth-order valence-electron chi connectivity index (χ4n) is 4.20. The molecular formula is C33H27N5O5S2. The maximum atomic E-state index is 13.4. The number of hydrogen-bond acceptors (Lipinski definition) is 8. The van der Waals surface area contributed by atoms with E-state index in [0.717, 1.165) is 20.7 Å². The molecule has 5 aromatic rings. The summed E-state index contributed by atoms with van der Waals surface area (Å²) in [5.74, 6) is -1.30. The highest BCUT2D eigenvalue weighted by molar-refractivity contribution is 8.00. The minimum absolute atomic E-state index is 0.0606. The maximum Gasteiger partial charge on any atom is 0.272 e. The number of aryl methyl sites for hydroxylation is 1. The fraction of sp³-hybridized carbons (Fsp3) is 0.0909. The molecule has 1 atom stereocenters. The van der Waals surface area contributed by atoms with Crippen LogP contribution in [0.1, 0.15) is 28.4 Å². The van der Waals surface area contributed by atoms with Crippen LogP contribution in [0.15, 0.2) is 108 Å². The highest BCUT2D eigenvalue weighted by atomic mass is 32.2. The van der Waals surface area contributed by atoms with Gasteiger partial charge >= 0.3 is 0 Å². The molecule has 0 spiro atoms. The van der Waals surface area contributed by atoms with E-state index in [-0.39, 0.29) is 17.3 Å². The van der Waals surface area contributed by atoms with E-state index in [4.69, 9.17) is 0 Å². The predicted octanol–water partition coefficient (Wildman–Crippen LogP) is 7.04. The molecule has 0 aliphatic heterocycles. The first-order chi connectivity index (χ1) is 21.6. The van der Waals surface area contributed by atoms with Crippen LogP contribution < -0.4 is 16.0 Å². The van der Waals surface area contributed by atoms with Gasteiger partial charge in [-0.1, -0.05) is 41.7 Å². The second-order valence-electron chi connectivity index (χ2n) is 9.95. The first kappa shape index (κ1) is 31.1. The van der Waals surface area contributed by atoms with Crippen LogP contribution in [-0.2, 0) is 9.59 Å². The first-order valence-corrected chi connectivity index (χ1v) is 15.4. The van der Waals surface area contributed by atoms with Crippen LogP contribution >= 0.6 is 23.1 Å². The molecule has 0 bridgehead atoms. The number of non-ortho nitro benzene ring substituents is 1. The minimum Gasteiger partial charge on any atom is -0.321 e. The van der Waals surface area contributed by atoms with Gasteiger partial charge in [-0.15, -0.1) is 11.8 Å². The van der Waals surface area contributed by atoms with Crippen molar-refractivity contribution in [2.24, 2.45) is 0 Å². The van der Waals surface area contributed by atoms with Crippen molar-refractivity contribution in [3.8, 4) is 0 Å². The Hall–Kier alpha value is -5.33. The third kappa shape index (κ3) is 8.19. The summed E-state index contributed by atoms with van der Waals surface area (Å²) in [5, 5.41) is 19.4. The molecule has 0 radical (unpaired) electrons. The summed E-state index contributed by atoms with van der Waals surface area (Å²) < 4.78 is 0.996. The fourth-order valence-corrected chi connectivity index (χ4v) is 6.09. The van der Waals surface area contributed by atoms with Crippen molar-refractivity contribution >= 4 is 73.6 Å². The molecule has 5 rings (SSSR count). The van der Waals surface area contributed by atoms with Gasteiger partial charge in [0.1, 0.15) is 5.70 Å². The van der Waals surface area contributed by atoms with E-state index < -0.39 is 22.0 Å². The normalized spacial score (nSPS) is 11.9. The molecule has 1 aromatic heterocycles. The van der Waals surface area contributed by atoms with Crippen LogP contribution in [-0.4, -0.2) is 32.9 Å². The van der Waals surface area contributed by atoms with E-state index in [9.17, 15) is 24.5 Å². The quantitative estimate of drug-likeness (QED) is 0.0645. The Morgan fingerprint density at radius 3 is 2.42 bits per heavy atom. The highest BCUT2D eigenvalue weighted by Crippen LogP contribution is 2.30. The molecule has 0 saturated heterocycles. The molecule has 0 aliphatic carbocycles. The maximum absolute atomic E-state index is 13.4. The van der Waals surface area contributed by atoms with Crippen molar-refractivity contribution in [2.75, 3.05) is 10.6 Å². The molecule has 10 nitrogen and oxygen atoms in total. The third-order valence-electron chi connectivity index (χ3n) is 6.49. The first-order valence-electron chi connectivity index (χ1n) is 13.7. The van der Waals surface area contributed by atoms with E-state index in [1.165, 1.54) is 53.4 Å². The van der Waals surface area contributed by atoms with Crippen LogP contribution in [0.3, 0.4) is 0 Å². The lowest BCUT2D eigenvalue weighted by atomic mass is 10.1. The molecule has 3 amide bonds. The Morgan fingerprint density at radius 1 is 0.933 bits per heavy atom. The van der Waals surface area contributed by atoms with Gasteiger partial charge in [0.2, 0.25) is 5.91 Å². The number of carbonyl (C=O) groups is 3. The largest absolute Gasteiger partial charge is 0.321 e. The molecule has 3 N–H and O–H groups in total. The molecule has 1 unspecified atom stereocenters. The van der Waals surface area contributed by atoms with Crippen LogP contribution in [0.25, 0.3) is 16.3 Å². The molecule has 4 aromatic carbocycles. The number of anilines is 2. The number of thiazole rings is 1. The molecule has 0 aliphatic rings. The Kier molecular flexibility index (Phi) is 9.66. The topological polar surface area (TPSA) is 143 Å². The zero-order chi connectivity index (χ0) is 31.9. The zero-order valence-corrected chi connectivity index (χ0v) is 25.8. The summed E-state index contributed by atoms with van der Waals surface area (Å²) in [6.07, 6.45) is 1.44. The number of fused-ring (bicyclic) bond motifs is 1. The van der Waals surface area contributed by atoms with Crippen LogP contribution in [0, 0.1) is 17.0 Å². The molecule has 0 saturated carbocycles. The number of rotatable bonds is 10. The number of amides is 3. The summed E-state index contributed by atoms with van der Waals surface area (Å²) in [5.41, 5.74) is 3.06. The number of nitro groups is 1. The van der Waals surface area contributed by atoms with Gasteiger partial charge in [0.05, 0.1) is 20.4 Å². The van der Waals surface area contributed by atoms with E-state index in [1.54, 1.807) is 55.5 Å². The van der Waals surface area contributed by atoms with Gasteiger partial charge < -0.3 is 16.0 Å². The predicted molar refractivity (Wildman–Crippen MR) is 178 cm³/mol. The van der Waals surface area contributed by atoms with E-state index >= 15 is 0 Å². The van der Waals surface area contributed by atoms with Crippen molar-refractivity contribution in [3.63, 3.8) is 0 Å². The molecule has 1 heterocycles. The molecule has 0 fully saturated rings. The molecule has 45 heavy (non-hydrogen) atoms. The van der Waals surface area contributed by atoms with Crippen molar-refractivity contribution in [1.29, 1.82) is 0 Å². The van der Waals surface area contributed by atoms with Crippen molar-refractivity contribution < 1.29 is 19.3 Å². The zero-order valence-electron chi connectivity index (χ0n) is 24.1. The standard InChI is InChI=1S/C33H27N5O5S2/c1-20-11-16-27-29(17-20)45-33(36-27)37-30(39)21(2)44-26-10-6-9-24(19-26)34-32(41)28(35-31(40)23-7-4-3-5-8-23)18-22-12-14-25(15-13-22)38(42)43/h3-19,21H,1-2H3,(H,34,41)(H,35,40)(H,36,37,39)/b28-18+. The van der Waals surface area contributed by atoms with Crippen molar-refractivity contribution in [2.45, 2.75) is 24.0 Å². The monoisotopic (exact) mass is 637 g/mol. The van der Waals surface area contributed by atoms with Crippen LogP contribution in [0.5, 0.6) is 0 Å². The number of thioether (sulfide) groups is 1. The number of hydrogen-bond donors (Lipinski definition) is 3. The summed E-state index contributed by atoms with van der Waals surface area (Å²) in [6.45, 7) is 3.79. The van der Waals surface area contributed by atoms with E-state index in [0.29, 0.717) is 21.9 Å². The van der Waals surface area contributed by atoms with Gasteiger partial charge in [0.25, 0.3) is 17.5 Å². The number of carbonyl (C=O) groups excluding carboxylic acids is 3. The summed E-state index contributed by atoms with van der Waals surface area (Å²) >= 11 is 2.73. The Labute approximate surface area is 266 Å². The van der Waals surface area contributed by atoms with Gasteiger partial charge in [-0.05, 0) is 85.6 Å². The minimum atomic E-state index is -0.600. The van der Waals surface area contributed by atoms with Gasteiger partial charge in [-0.3, -0.25) is 24.5 Å². The van der Waals surface area contributed by atoms with Crippen LogP contribution in [0.2, 0.25) is 0 Å². The molecular weight excluding hydrogens is 611 g/mol. The number of benzene rings is 4. The van der Waals surface area contributed by atoms with Crippen molar-refractivity contribution in [3.05, 3.63) is 130 Å². The Balaban J connectivity index is 1.29. The van der Waals surface area contributed by atoms with Gasteiger partial charge in [0, 0.05) is 28.3 Å². The van der Waals surface area contributed by atoms with Gasteiger partial charge in [0.15, 0.2) is 5.13 Å². The Bertz CT molecular complexity index is 1920. The van der Waals surface area contributed by atoms with Crippen LogP contribution in [0.4, 0.5) is 16.5 Å². The summed E-state index contributed by atoms with van der Waals surface area (Å²) in [7, 11) is 0. The Morgan fingerprint density at radius 2 is 1.69 bits per heavy atom. The summed E-state index contributed by atoms with van der Waals surface area (Å²) in [4.78, 5) is 55.0. The lowest BCUT2D eigenvalue weighted by Crippen LogP contribution is -2.30. The number of aromatic nitrogens is 1. The number of nitrogens with zero attached hydrogens (tertiary/aromatic N) is 2. The van der Waals surface area contributed by atoms with Gasteiger partial charge in [-0.2, -0.15) is 0 Å². The number of nitro benzene ring substituents is 1. The third-order valence-corrected chi connectivity index (χ3v) is 8.52. The average Bonchev–Trinajstić information content (AvgIpc) is 3.42. The highest BCUT2D eigenvalue weighted by Gasteiger charge is 2.19. The average molecular weight is 638 g/mol. The van der Waals surface area contributed by atoms with Crippen molar-refractivity contribution in [1.82, 2.24) is 10.3 Å². The second-order valence-corrected chi connectivity index (χ2v) is 12.4. The molecule has 12 heteroatoms. The number of nitrogens with one attached hydrogen (secondary N) is 3. The van der Waals surface area contributed by atoms with E-state index in [1.807, 2.05) is 31.2 Å². The van der Waals surface area contributed by atoms with Gasteiger partial charge in [-0.25, -0.2) is 4.98 Å². The molecule has 226 valence electrons. The SMILES string of the molecule is Cc1ccc2nc(NC(=O)C(C)Sc3cccc(NC(=O)/C(=C\c4ccc([N+](=O)[O-])cc4)NC(=O)c4ccccc4)c3)sc2c1. The smallest absolute Gasteiger partial charge is 0.272 e. The second kappa shape index (κ2) is 14.0. The van der Waals surface area contributed by atoms with E-state index in [2.05, 4.69) is 20.9 Å². The summed E-state index contributed by atoms with van der Waals surface area (Å²) in [6, 6.07) is 27.0. The lowest BCUT2D eigenvalue weighted by molar-refractivity contribution is -0.384.